The Labute approximate surface area is 126 Å². The molecule has 3 fully saturated rings. The molecule has 2 aliphatic carbocycles. The summed E-state index contributed by atoms with van der Waals surface area (Å²) in [6, 6.07) is -0.807. The van der Waals surface area contributed by atoms with Crippen LogP contribution in [0.15, 0.2) is 0 Å². The Balaban J connectivity index is 1.62. The first-order valence-corrected chi connectivity index (χ1v) is 7.62. The van der Waals surface area contributed by atoms with Gasteiger partial charge >= 0.3 is 12.2 Å². The molecule has 22 heavy (non-hydrogen) atoms. The van der Waals surface area contributed by atoms with E-state index in [0.717, 1.165) is 24.7 Å². The van der Waals surface area contributed by atoms with E-state index >= 15 is 0 Å². The van der Waals surface area contributed by atoms with Crippen molar-refractivity contribution < 1.29 is 22.8 Å². The Bertz CT molecular complexity index is 488. The molecule has 3 aliphatic rings. The number of nitrogens with one attached hydrogen (secondary N) is 1. The summed E-state index contributed by atoms with van der Waals surface area (Å²) in [7, 11) is 0. The van der Waals surface area contributed by atoms with Gasteiger partial charge in [0.2, 0.25) is 5.91 Å². The molecule has 1 atom stereocenters. The number of nitrogens with zero attached hydrogens (tertiary/aromatic N) is 2. The standard InChI is InChI=1S/C14H20F3N3O2/c1-13(10-4-5-10,14(15,16)17)18-12(22)20-7-11(21)19(8-20)6-9-2-3-9/h9-10H,2-8H2,1H3,(H,18,22). The minimum atomic E-state index is -4.50. The fraction of sp³-hybridized carbons (Fsp3) is 0.857. The van der Waals surface area contributed by atoms with Gasteiger partial charge in [0.1, 0.15) is 12.1 Å². The van der Waals surface area contributed by atoms with Crippen LogP contribution in [0.1, 0.15) is 32.6 Å². The molecule has 124 valence electrons. The Morgan fingerprint density at radius 3 is 2.41 bits per heavy atom. The van der Waals surface area contributed by atoms with Gasteiger partial charge in [0, 0.05) is 6.54 Å². The van der Waals surface area contributed by atoms with Crippen molar-refractivity contribution in [1.82, 2.24) is 15.1 Å². The van der Waals surface area contributed by atoms with E-state index in [2.05, 4.69) is 5.32 Å². The Morgan fingerprint density at radius 1 is 1.27 bits per heavy atom. The van der Waals surface area contributed by atoms with Crippen LogP contribution in [0.5, 0.6) is 0 Å². The molecule has 0 aromatic carbocycles. The highest BCUT2D eigenvalue weighted by Gasteiger charge is 2.60. The number of rotatable bonds is 4. The van der Waals surface area contributed by atoms with Gasteiger partial charge in [0.05, 0.1) is 6.67 Å². The van der Waals surface area contributed by atoms with Crippen LogP contribution < -0.4 is 5.32 Å². The second-order valence-electron chi connectivity index (χ2n) is 6.80. The second kappa shape index (κ2) is 5.03. The fourth-order valence-corrected chi connectivity index (χ4v) is 2.87. The monoisotopic (exact) mass is 319 g/mol. The number of hydrogen-bond acceptors (Lipinski definition) is 2. The number of carbonyl (C=O) groups excluding carboxylic acids is 2. The van der Waals surface area contributed by atoms with Gasteiger partial charge in [-0.3, -0.25) is 9.69 Å². The molecular weight excluding hydrogens is 299 g/mol. The van der Waals surface area contributed by atoms with E-state index in [-0.39, 0.29) is 19.1 Å². The predicted molar refractivity (Wildman–Crippen MR) is 71.7 cm³/mol. The zero-order valence-corrected chi connectivity index (χ0v) is 12.4. The molecule has 0 bridgehead atoms. The maximum absolute atomic E-state index is 13.3. The van der Waals surface area contributed by atoms with Crippen molar-refractivity contribution in [2.45, 2.75) is 44.3 Å². The van der Waals surface area contributed by atoms with E-state index in [1.807, 2.05) is 0 Å². The minimum absolute atomic E-state index is 0.0831. The summed E-state index contributed by atoms with van der Waals surface area (Å²) in [6.45, 7) is 1.57. The molecule has 3 rings (SSSR count). The lowest BCUT2D eigenvalue weighted by atomic mass is 9.95. The normalized spacial score (nSPS) is 25.4. The lowest BCUT2D eigenvalue weighted by molar-refractivity contribution is -0.194. The summed E-state index contributed by atoms with van der Waals surface area (Å²) in [5.41, 5.74) is -2.21. The molecule has 0 radical (unpaired) electrons. The number of carbonyl (C=O) groups is 2. The van der Waals surface area contributed by atoms with Crippen molar-refractivity contribution in [2.24, 2.45) is 11.8 Å². The number of urea groups is 1. The molecular formula is C14H20F3N3O2. The van der Waals surface area contributed by atoms with Crippen molar-refractivity contribution in [3.05, 3.63) is 0 Å². The summed E-state index contributed by atoms with van der Waals surface area (Å²) in [4.78, 5) is 26.7. The van der Waals surface area contributed by atoms with Crippen LogP contribution in [-0.2, 0) is 4.79 Å². The fourth-order valence-electron chi connectivity index (χ4n) is 2.87. The van der Waals surface area contributed by atoms with Crippen LogP contribution in [-0.4, -0.2) is 53.2 Å². The highest BCUT2D eigenvalue weighted by molar-refractivity contribution is 5.87. The summed E-state index contributed by atoms with van der Waals surface area (Å²) in [5.74, 6) is -0.279. The molecule has 3 amide bonds. The molecule has 5 nitrogen and oxygen atoms in total. The van der Waals surface area contributed by atoms with Gasteiger partial charge in [-0.25, -0.2) is 4.79 Å². The van der Waals surface area contributed by atoms with Crippen molar-refractivity contribution in [1.29, 1.82) is 0 Å². The number of hydrogen-bond donors (Lipinski definition) is 1. The molecule has 0 aromatic heterocycles. The highest BCUT2D eigenvalue weighted by atomic mass is 19.4. The minimum Gasteiger partial charge on any atom is -0.323 e. The van der Waals surface area contributed by atoms with E-state index in [4.69, 9.17) is 0 Å². The van der Waals surface area contributed by atoms with Crippen molar-refractivity contribution in [3.63, 3.8) is 0 Å². The average molecular weight is 319 g/mol. The summed E-state index contributed by atoms with van der Waals surface area (Å²) in [6.07, 6.45) is -1.43. The van der Waals surface area contributed by atoms with Crippen LogP contribution >= 0.6 is 0 Å². The topological polar surface area (TPSA) is 52.7 Å². The molecule has 1 heterocycles. The molecule has 1 saturated heterocycles. The lowest BCUT2D eigenvalue weighted by Gasteiger charge is -2.34. The molecule has 1 unspecified atom stereocenters. The summed E-state index contributed by atoms with van der Waals surface area (Å²) < 4.78 is 39.8. The van der Waals surface area contributed by atoms with E-state index < -0.39 is 23.7 Å². The van der Waals surface area contributed by atoms with Crippen LogP contribution in [0.4, 0.5) is 18.0 Å². The van der Waals surface area contributed by atoms with Gasteiger partial charge < -0.3 is 10.2 Å². The van der Waals surface area contributed by atoms with Crippen LogP contribution in [0.2, 0.25) is 0 Å². The number of amides is 3. The summed E-state index contributed by atoms with van der Waals surface area (Å²) >= 11 is 0. The first-order valence-electron chi connectivity index (χ1n) is 7.62. The van der Waals surface area contributed by atoms with Gasteiger partial charge in [0.15, 0.2) is 0 Å². The number of halogens is 3. The van der Waals surface area contributed by atoms with Gasteiger partial charge in [0.25, 0.3) is 0 Å². The average Bonchev–Trinajstić information content (AvgIpc) is 3.29. The molecule has 0 aromatic rings. The zero-order valence-electron chi connectivity index (χ0n) is 12.4. The van der Waals surface area contributed by atoms with Crippen molar-refractivity contribution in [3.8, 4) is 0 Å². The molecule has 8 heteroatoms. The highest BCUT2D eigenvalue weighted by Crippen LogP contribution is 2.48. The van der Waals surface area contributed by atoms with Gasteiger partial charge in [-0.05, 0) is 44.4 Å². The third-order valence-corrected chi connectivity index (χ3v) is 4.83. The Morgan fingerprint density at radius 2 is 1.91 bits per heavy atom. The largest absolute Gasteiger partial charge is 0.411 e. The molecule has 2 saturated carbocycles. The lowest BCUT2D eigenvalue weighted by Crippen LogP contribution is -2.60. The third kappa shape index (κ3) is 2.87. The second-order valence-corrected chi connectivity index (χ2v) is 6.80. The van der Waals surface area contributed by atoms with E-state index in [1.54, 1.807) is 4.90 Å². The predicted octanol–water partition coefficient (Wildman–Crippen LogP) is 1.94. The third-order valence-electron chi connectivity index (χ3n) is 4.83. The maximum atomic E-state index is 13.3. The van der Waals surface area contributed by atoms with E-state index in [0.29, 0.717) is 25.3 Å². The van der Waals surface area contributed by atoms with Gasteiger partial charge in [-0.2, -0.15) is 13.2 Å². The quantitative estimate of drug-likeness (QED) is 0.861. The van der Waals surface area contributed by atoms with Crippen LogP contribution in [0, 0.1) is 11.8 Å². The zero-order chi connectivity index (χ0) is 16.1. The van der Waals surface area contributed by atoms with Crippen LogP contribution in [0.25, 0.3) is 0 Å². The Kier molecular flexibility index (Phi) is 3.52. The van der Waals surface area contributed by atoms with E-state index in [1.165, 1.54) is 0 Å². The first-order chi connectivity index (χ1) is 10.2. The summed E-state index contributed by atoms with van der Waals surface area (Å²) in [5, 5.41) is 2.13. The first kappa shape index (κ1) is 15.4. The van der Waals surface area contributed by atoms with Gasteiger partial charge in [-0.15, -0.1) is 0 Å². The molecule has 1 aliphatic heterocycles. The van der Waals surface area contributed by atoms with Crippen molar-refractivity contribution in [2.75, 3.05) is 19.8 Å². The van der Waals surface area contributed by atoms with Crippen LogP contribution in [0.3, 0.4) is 0 Å². The van der Waals surface area contributed by atoms with E-state index in [9.17, 15) is 22.8 Å². The molecule has 0 spiro atoms. The van der Waals surface area contributed by atoms with Crippen molar-refractivity contribution >= 4 is 11.9 Å². The van der Waals surface area contributed by atoms with Gasteiger partial charge in [-0.1, -0.05) is 0 Å². The molecule has 1 N–H and O–H groups in total. The Hall–Kier alpha value is -1.47. The SMILES string of the molecule is CC(NC(=O)N1CC(=O)N(CC2CC2)C1)(C1CC1)C(F)(F)F. The number of alkyl halides is 3. The maximum Gasteiger partial charge on any atom is 0.411 e. The smallest absolute Gasteiger partial charge is 0.323 e.